The second kappa shape index (κ2) is 3.87. The van der Waals surface area contributed by atoms with Crippen molar-refractivity contribution in [3.63, 3.8) is 0 Å². The van der Waals surface area contributed by atoms with Gasteiger partial charge in [0, 0.05) is 0 Å². The zero-order valence-corrected chi connectivity index (χ0v) is 7.63. The van der Waals surface area contributed by atoms with Gasteiger partial charge in [-0.05, 0) is 12.8 Å². The first-order valence-electron chi connectivity index (χ1n) is 4.90. The zero-order valence-electron chi connectivity index (χ0n) is 7.63. The van der Waals surface area contributed by atoms with Crippen LogP contribution in [0.15, 0.2) is 12.7 Å². The van der Waals surface area contributed by atoms with Gasteiger partial charge in [0.1, 0.15) is 12.7 Å². The van der Waals surface area contributed by atoms with Crippen LogP contribution in [0.5, 0.6) is 0 Å². The zero-order chi connectivity index (χ0) is 9.10. The third kappa shape index (κ3) is 1.88. The predicted octanol–water partition coefficient (Wildman–Crippen LogP) is 1.14. The fraction of sp³-hybridized carbons (Fsp3) is 0.778. The molecule has 72 valence electrons. The number of nitrogens with zero attached hydrogens (tertiary/aromatic N) is 3. The number of aromatic nitrogens is 3. The Morgan fingerprint density at radius 1 is 1.23 bits per heavy atom. The van der Waals surface area contributed by atoms with E-state index < -0.39 is 0 Å². The Kier molecular flexibility index (Phi) is 2.59. The van der Waals surface area contributed by atoms with Gasteiger partial charge in [-0.25, -0.2) is 9.67 Å². The maximum absolute atomic E-state index is 9.83. The van der Waals surface area contributed by atoms with Crippen LogP contribution in [0.3, 0.4) is 0 Å². The van der Waals surface area contributed by atoms with Crippen molar-refractivity contribution in [1.29, 1.82) is 0 Å². The van der Waals surface area contributed by atoms with Gasteiger partial charge in [-0.15, -0.1) is 0 Å². The van der Waals surface area contributed by atoms with E-state index in [1.165, 1.54) is 19.2 Å². The van der Waals surface area contributed by atoms with E-state index in [4.69, 9.17) is 0 Å². The highest BCUT2D eigenvalue weighted by atomic mass is 16.3. The number of hydrogen-bond donors (Lipinski definition) is 1. The van der Waals surface area contributed by atoms with Gasteiger partial charge in [0.25, 0.3) is 0 Å². The summed E-state index contributed by atoms with van der Waals surface area (Å²) in [6, 6.07) is 0.144. The van der Waals surface area contributed by atoms with Gasteiger partial charge in [-0.3, -0.25) is 0 Å². The number of aliphatic hydroxyl groups excluding tert-OH is 1. The van der Waals surface area contributed by atoms with Crippen molar-refractivity contribution in [2.45, 2.75) is 44.2 Å². The molecule has 0 radical (unpaired) electrons. The molecule has 1 heterocycles. The molecule has 4 heteroatoms. The second-order valence-electron chi connectivity index (χ2n) is 3.65. The van der Waals surface area contributed by atoms with Crippen LogP contribution < -0.4 is 0 Å². The van der Waals surface area contributed by atoms with Gasteiger partial charge in [-0.1, -0.05) is 19.3 Å². The van der Waals surface area contributed by atoms with Crippen LogP contribution in [0.2, 0.25) is 0 Å². The molecular formula is C9H15N3O. The van der Waals surface area contributed by atoms with Crippen LogP contribution >= 0.6 is 0 Å². The fourth-order valence-corrected chi connectivity index (χ4v) is 1.97. The fourth-order valence-electron chi connectivity index (χ4n) is 1.97. The highest BCUT2D eigenvalue weighted by molar-refractivity contribution is 4.78. The smallest absolute Gasteiger partial charge is 0.137 e. The van der Waals surface area contributed by atoms with E-state index in [0.29, 0.717) is 0 Å². The van der Waals surface area contributed by atoms with Crippen molar-refractivity contribution in [2.24, 2.45) is 0 Å². The molecule has 0 aliphatic heterocycles. The minimum atomic E-state index is -0.246. The lowest BCUT2D eigenvalue weighted by Crippen LogP contribution is -2.23. The van der Waals surface area contributed by atoms with E-state index in [-0.39, 0.29) is 12.1 Å². The maximum Gasteiger partial charge on any atom is 0.137 e. The largest absolute Gasteiger partial charge is 0.391 e. The third-order valence-electron chi connectivity index (χ3n) is 2.72. The minimum absolute atomic E-state index is 0.144. The average Bonchev–Trinajstić information content (AvgIpc) is 2.56. The summed E-state index contributed by atoms with van der Waals surface area (Å²) < 4.78 is 1.79. The Hall–Kier alpha value is -0.900. The van der Waals surface area contributed by atoms with Crippen molar-refractivity contribution < 1.29 is 5.11 Å². The lowest BCUT2D eigenvalue weighted by atomic mass is 10.1. The molecule has 13 heavy (non-hydrogen) atoms. The van der Waals surface area contributed by atoms with Crippen LogP contribution in [0, 0.1) is 0 Å². The molecule has 2 atom stereocenters. The van der Waals surface area contributed by atoms with Crippen LogP contribution in [0.1, 0.15) is 38.1 Å². The van der Waals surface area contributed by atoms with Crippen LogP contribution in [-0.2, 0) is 0 Å². The lowest BCUT2D eigenvalue weighted by molar-refractivity contribution is 0.0989. The van der Waals surface area contributed by atoms with Gasteiger partial charge in [0.05, 0.1) is 12.1 Å². The van der Waals surface area contributed by atoms with Crippen LogP contribution in [0.25, 0.3) is 0 Å². The molecule has 1 fully saturated rings. The quantitative estimate of drug-likeness (QED) is 0.661. The molecule has 1 aromatic heterocycles. The molecule has 0 amide bonds. The normalized spacial score (nSPS) is 29.9. The summed E-state index contributed by atoms with van der Waals surface area (Å²) in [5.41, 5.74) is 0. The SMILES string of the molecule is OC1CCCCCC1n1cncn1. The van der Waals surface area contributed by atoms with Crippen molar-refractivity contribution >= 4 is 0 Å². The number of aliphatic hydroxyl groups is 1. The summed E-state index contributed by atoms with van der Waals surface area (Å²) in [5, 5.41) is 13.9. The van der Waals surface area contributed by atoms with Gasteiger partial charge < -0.3 is 5.11 Å². The van der Waals surface area contributed by atoms with Crippen LogP contribution in [0.4, 0.5) is 0 Å². The second-order valence-corrected chi connectivity index (χ2v) is 3.65. The Balaban J connectivity index is 2.11. The summed E-state index contributed by atoms with van der Waals surface area (Å²) in [7, 11) is 0. The van der Waals surface area contributed by atoms with Gasteiger partial charge in [-0.2, -0.15) is 5.10 Å². The first-order chi connectivity index (χ1) is 6.38. The molecule has 1 N–H and O–H groups in total. The molecule has 0 spiro atoms. The van der Waals surface area contributed by atoms with Gasteiger partial charge in [0.2, 0.25) is 0 Å². The lowest BCUT2D eigenvalue weighted by Gasteiger charge is -2.19. The maximum atomic E-state index is 9.83. The predicted molar refractivity (Wildman–Crippen MR) is 48.2 cm³/mol. The molecule has 1 aromatic rings. The average molecular weight is 181 g/mol. The standard InChI is InChI=1S/C9H15N3O/c13-9-5-3-1-2-4-8(9)12-7-10-6-11-12/h6-9,13H,1-5H2. The molecule has 0 saturated heterocycles. The number of hydrogen-bond acceptors (Lipinski definition) is 3. The Morgan fingerprint density at radius 3 is 2.85 bits per heavy atom. The topological polar surface area (TPSA) is 50.9 Å². The number of rotatable bonds is 1. The van der Waals surface area contributed by atoms with E-state index >= 15 is 0 Å². The molecule has 2 unspecified atom stereocenters. The monoisotopic (exact) mass is 181 g/mol. The molecule has 0 aromatic carbocycles. The van der Waals surface area contributed by atoms with Gasteiger partial charge >= 0.3 is 0 Å². The molecule has 2 rings (SSSR count). The minimum Gasteiger partial charge on any atom is -0.391 e. The van der Waals surface area contributed by atoms with E-state index in [1.807, 2.05) is 0 Å². The summed E-state index contributed by atoms with van der Waals surface area (Å²) in [4.78, 5) is 3.90. The Bertz CT molecular complexity index is 247. The molecule has 0 bridgehead atoms. The summed E-state index contributed by atoms with van der Waals surface area (Å²) in [5.74, 6) is 0. The van der Waals surface area contributed by atoms with Gasteiger partial charge in [0.15, 0.2) is 0 Å². The molecule has 4 nitrogen and oxygen atoms in total. The first kappa shape index (κ1) is 8.69. The van der Waals surface area contributed by atoms with Crippen molar-refractivity contribution in [1.82, 2.24) is 14.8 Å². The third-order valence-corrected chi connectivity index (χ3v) is 2.72. The van der Waals surface area contributed by atoms with E-state index in [1.54, 1.807) is 11.0 Å². The van der Waals surface area contributed by atoms with Crippen molar-refractivity contribution in [3.05, 3.63) is 12.7 Å². The molecule has 1 aliphatic rings. The van der Waals surface area contributed by atoms with Crippen molar-refractivity contribution in [2.75, 3.05) is 0 Å². The summed E-state index contributed by atoms with van der Waals surface area (Å²) >= 11 is 0. The van der Waals surface area contributed by atoms with E-state index in [2.05, 4.69) is 10.1 Å². The Labute approximate surface area is 77.6 Å². The van der Waals surface area contributed by atoms with E-state index in [0.717, 1.165) is 19.3 Å². The first-order valence-corrected chi connectivity index (χ1v) is 4.90. The van der Waals surface area contributed by atoms with E-state index in [9.17, 15) is 5.11 Å². The Morgan fingerprint density at radius 2 is 2.08 bits per heavy atom. The highest BCUT2D eigenvalue weighted by Crippen LogP contribution is 2.26. The summed E-state index contributed by atoms with van der Waals surface area (Å²) in [6.07, 6.45) is 8.42. The van der Waals surface area contributed by atoms with Crippen molar-refractivity contribution in [3.8, 4) is 0 Å². The molecule has 1 aliphatic carbocycles. The summed E-state index contributed by atoms with van der Waals surface area (Å²) in [6.45, 7) is 0. The highest BCUT2D eigenvalue weighted by Gasteiger charge is 2.23. The molecule has 1 saturated carbocycles. The molecular weight excluding hydrogens is 166 g/mol. The van der Waals surface area contributed by atoms with Crippen LogP contribution in [-0.4, -0.2) is 26.0 Å².